The number of amides is 3. The van der Waals surface area contributed by atoms with E-state index in [1.54, 1.807) is 68.7 Å². The van der Waals surface area contributed by atoms with E-state index < -0.39 is 17.7 Å². The third kappa shape index (κ3) is 15.4. The molecule has 4 aromatic rings. The van der Waals surface area contributed by atoms with Crippen LogP contribution < -0.4 is 29.2 Å². The Morgan fingerprint density at radius 3 is 1.76 bits per heavy atom. The Hall–Kier alpha value is -6.78. The monoisotopic (exact) mass is 1040 g/mol. The molecule has 3 amide bonds. The molecule has 0 saturated carbocycles. The zero-order chi connectivity index (χ0) is 51.3. The van der Waals surface area contributed by atoms with E-state index in [2.05, 4.69) is 51.2 Å². The minimum Gasteiger partial charge on any atom is -0.489 e. The number of pyridine rings is 2. The van der Waals surface area contributed by atoms with Crippen LogP contribution in [-0.4, -0.2) is 139 Å². The Kier molecular flexibility index (Phi) is 19.1. The van der Waals surface area contributed by atoms with Crippen LogP contribution in [0.2, 0.25) is 0 Å². The third-order valence-corrected chi connectivity index (χ3v) is 10.8. The molecule has 6 heterocycles. The SMILES string of the molecule is COc1c(Nc2ccc(CC(=O)O)nc2C)ncnc1OC1CCN(C(=O)OC(C)C)CC1.COc1c(OC2CCN(C(=O)OC(C)C)CC2)ncnc1N(C(=O)OC(C)(C)C)c1ccc(Br)nc1C. The van der Waals surface area contributed by atoms with Gasteiger partial charge in [-0.1, -0.05) is 0 Å². The van der Waals surface area contributed by atoms with E-state index in [1.807, 2.05) is 27.7 Å². The van der Waals surface area contributed by atoms with Crippen LogP contribution in [0, 0.1) is 13.8 Å². The minimum atomic E-state index is -0.940. The molecule has 0 bridgehead atoms. The van der Waals surface area contributed by atoms with Crippen molar-refractivity contribution in [1.29, 1.82) is 0 Å². The van der Waals surface area contributed by atoms with Gasteiger partial charge in [-0.2, -0.15) is 9.97 Å². The number of hydrogen-bond acceptors (Lipinski definition) is 18. The molecule has 6 rings (SSSR count). The predicted molar refractivity (Wildman–Crippen MR) is 259 cm³/mol. The summed E-state index contributed by atoms with van der Waals surface area (Å²) in [5, 5.41) is 12.1. The summed E-state index contributed by atoms with van der Waals surface area (Å²) in [5.74, 6) is 0.622. The normalized spacial score (nSPS) is 14.3. The van der Waals surface area contributed by atoms with Crippen LogP contribution >= 0.6 is 15.9 Å². The summed E-state index contributed by atoms with van der Waals surface area (Å²) in [6.45, 7) is 18.2. The molecule has 0 spiro atoms. The molecular weight excluding hydrogens is 976 g/mol. The van der Waals surface area contributed by atoms with Gasteiger partial charge in [0, 0.05) is 51.9 Å². The second kappa shape index (κ2) is 24.7. The highest BCUT2D eigenvalue weighted by atomic mass is 79.9. The highest BCUT2D eigenvalue weighted by molar-refractivity contribution is 9.10. The van der Waals surface area contributed by atoms with Gasteiger partial charge in [-0.15, -0.1) is 0 Å². The van der Waals surface area contributed by atoms with Crippen LogP contribution in [0.25, 0.3) is 0 Å². The standard InChI is InChI=1S/C25H34BrN5O6.C22H29N5O6/c1-15(2)35-23(32)30-12-10-17(11-13-30)36-22-20(34-7)21(27-14-28-22)31(24(33)37-25(4,5)6)18-8-9-19(26)29-16(18)3;1-13(2)32-22(30)27-9-7-16(8-10-27)33-21-19(31-4)20(23-12-24-21)26-17-6-5-15(11-18(28)29)25-14(17)3/h8-9,14-15,17H,10-13H2,1-7H3;5-6,12-13,16H,7-11H2,1-4H3,(H,28,29)(H,23,24,26). The first-order chi connectivity index (χ1) is 33.2. The topological polar surface area (TPSA) is 252 Å². The number of rotatable bonds is 14. The molecule has 2 fully saturated rings. The van der Waals surface area contributed by atoms with Crippen molar-refractivity contribution in [2.24, 2.45) is 0 Å². The maximum atomic E-state index is 13.4. The van der Waals surface area contributed by atoms with E-state index in [9.17, 15) is 19.2 Å². The lowest BCUT2D eigenvalue weighted by Gasteiger charge is -2.32. The summed E-state index contributed by atoms with van der Waals surface area (Å²) in [6, 6.07) is 6.86. The number of halogens is 1. The fourth-order valence-electron chi connectivity index (χ4n) is 7.16. The molecule has 22 nitrogen and oxygen atoms in total. The predicted octanol–water partition coefficient (Wildman–Crippen LogP) is 8.36. The highest BCUT2D eigenvalue weighted by Crippen LogP contribution is 2.40. The highest BCUT2D eigenvalue weighted by Gasteiger charge is 2.34. The van der Waals surface area contributed by atoms with Gasteiger partial charge >= 0.3 is 24.2 Å². The van der Waals surface area contributed by atoms with Crippen LogP contribution in [0.5, 0.6) is 23.3 Å². The second-order valence-electron chi connectivity index (χ2n) is 17.8. The third-order valence-electron chi connectivity index (χ3n) is 10.3. The van der Waals surface area contributed by atoms with E-state index in [-0.39, 0.29) is 60.5 Å². The van der Waals surface area contributed by atoms with Crippen molar-refractivity contribution in [3.05, 3.63) is 58.6 Å². The zero-order valence-corrected chi connectivity index (χ0v) is 43.1. The van der Waals surface area contributed by atoms with E-state index in [4.69, 9.17) is 38.3 Å². The Bertz CT molecular complexity index is 2440. The number of hydrogen-bond donors (Lipinski definition) is 2. The van der Waals surface area contributed by atoms with Gasteiger partial charge in [-0.3, -0.25) is 9.78 Å². The fourth-order valence-corrected chi connectivity index (χ4v) is 7.56. The van der Waals surface area contributed by atoms with Crippen LogP contribution in [-0.2, 0) is 25.4 Å². The first-order valence-electron chi connectivity index (χ1n) is 22.8. The molecule has 2 N–H and O–H groups in total. The van der Waals surface area contributed by atoms with Gasteiger partial charge in [0.1, 0.15) is 35.1 Å². The number of carboxylic acid groups (broad SMARTS) is 1. The molecule has 380 valence electrons. The van der Waals surface area contributed by atoms with E-state index >= 15 is 0 Å². The maximum absolute atomic E-state index is 13.4. The number of piperidine rings is 2. The van der Waals surface area contributed by atoms with Gasteiger partial charge in [-0.25, -0.2) is 34.2 Å². The summed E-state index contributed by atoms with van der Waals surface area (Å²) in [4.78, 5) is 79.1. The first-order valence-corrected chi connectivity index (χ1v) is 23.6. The quantitative estimate of drug-likeness (QED) is 0.0888. The fraction of sp³-hybridized carbons (Fsp3) is 0.532. The molecule has 70 heavy (non-hydrogen) atoms. The van der Waals surface area contributed by atoms with Gasteiger partial charge in [0.25, 0.3) is 11.8 Å². The lowest BCUT2D eigenvalue weighted by Crippen LogP contribution is -2.42. The van der Waals surface area contributed by atoms with E-state index in [0.717, 1.165) is 0 Å². The molecule has 2 saturated heterocycles. The van der Waals surface area contributed by atoms with Crippen molar-refractivity contribution in [2.75, 3.05) is 50.6 Å². The van der Waals surface area contributed by atoms with Crippen molar-refractivity contribution < 1.29 is 57.4 Å². The number of nitrogens with zero attached hydrogens (tertiary/aromatic N) is 9. The van der Waals surface area contributed by atoms with Gasteiger partial charge in [0.2, 0.25) is 11.5 Å². The number of anilines is 4. The molecule has 0 radical (unpaired) electrons. The molecule has 0 unspecified atom stereocenters. The Morgan fingerprint density at radius 1 is 0.757 bits per heavy atom. The number of carbonyl (C=O) groups excluding carboxylic acids is 3. The summed E-state index contributed by atoms with van der Waals surface area (Å²) in [6.07, 6.45) is 2.99. The van der Waals surface area contributed by atoms with Crippen LogP contribution in [0.1, 0.15) is 91.2 Å². The molecule has 0 aliphatic carbocycles. The summed E-state index contributed by atoms with van der Waals surface area (Å²) in [5.41, 5.74) is 2.03. The number of aliphatic carboxylic acids is 1. The summed E-state index contributed by atoms with van der Waals surface area (Å²) < 4.78 is 40.3. The zero-order valence-electron chi connectivity index (χ0n) is 41.5. The van der Waals surface area contributed by atoms with Crippen LogP contribution in [0.4, 0.5) is 37.4 Å². The van der Waals surface area contributed by atoms with E-state index in [0.29, 0.717) is 102 Å². The van der Waals surface area contributed by atoms with Crippen LogP contribution in [0.15, 0.2) is 41.5 Å². The first kappa shape index (κ1) is 54.2. The lowest BCUT2D eigenvalue weighted by molar-refractivity contribution is -0.136. The largest absolute Gasteiger partial charge is 0.489 e. The van der Waals surface area contributed by atoms with E-state index in [1.165, 1.54) is 31.8 Å². The Labute approximate surface area is 415 Å². The van der Waals surface area contributed by atoms with Crippen molar-refractivity contribution >= 4 is 63.2 Å². The smallest absolute Gasteiger partial charge is 0.420 e. The summed E-state index contributed by atoms with van der Waals surface area (Å²) in [7, 11) is 2.96. The number of carbonyl (C=O) groups is 4. The Balaban J connectivity index is 0.000000262. The summed E-state index contributed by atoms with van der Waals surface area (Å²) >= 11 is 3.36. The van der Waals surface area contributed by atoms with Crippen molar-refractivity contribution in [3.8, 4) is 23.3 Å². The maximum Gasteiger partial charge on any atom is 0.420 e. The molecule has 23 heteroatoms. The van der Waals surface area contributed by atoms with Crippen molar-refractivity contribution in [1.82, 2.24) is 39.7 Å². The van der Waals surface area contributed by atoms with Crippen molar-refractivity contribution in [2.45, 2.75) is 124 Å². The molecule has 0 aromatic carbocycles. The average Bonchev–Trinajstić information content (AvgIpc) is 3.28. The molecular formula is C47H63BrN10O12. The number of aryl methyl sites for hydroxylation is 2. The lowest BCUT2D eigenvalue weighted by atomic mass is 10.1. The molecule has 4 aromatic heterocycles. The van der Waals surface area contributed by atoms with Gasteiger partial charge in [0.05, 0.1) is 61.3 Å². The minimum absolute atomic E-state index is 0.136. The average molecular weight is 1040 g/mol. The van der Waals surface area contributed by atoms with Gasteiger partial charge in [0.15, 0.2) is 11.6 Å². The molecule has 2 aliphatic rings. The number of nitrogens with one attached hydrogen (secondary N) is 1. The number of carboxylic acids is 1. The van der Waals surface area contributed by atoms with Gasteiger partial charge in [-0.05, 0) is 103 Å². The number of likely N-dealkylation sites (tertiary alicyclic amines) is 2. The number of methoxy groups -OCH3 is 2. The number of aromatic nitrogens is 6. The van der Waals surface area contributed by atoms with Gasteiger partial charge < -0.3 is 53.4 Å². The molecule has 0 atom stereocenters. The van der Waals surface area contributed by atoms with Crippen molar-refractivity contribution in [3.63, 3.8) is 0 Å². The van der Waals surface area contributed by atoms with Crippen LogP contribution in [0.3, 0.4) is 0 Å². The molecule has 2 aliphatic heterocycles. The second-order valence-corrected chi connectivity index (χ2v) is 18.6. The Morgan fingerprint density at radius 2 is 1.29 bits per heavy atom. The number of ether oxygens (including phenoxy) is 7.